The fourth-order valence-electron chi connectivity index (χ4n) is 5.06. The van der Waals surface area contributed by atoms with Crippen LogP contribution in [0.5, 0.6) is 0 Å². The second kappa shape index (κ2) is 8.92. The van der Waals surface area contributed by atoms with E-state index in [-0.39, 0.29) is 11.8 Å². The predicted octanol–water partition coefficient (Wildman–Crippen LogP) is 1.44. The van der Waals surface area contributed by atoms with E-state index in [0.717, 1.165) is 25.7 Å². The minimum Gasteiger partial charge on any atom is -0.481 e. The lowest BCUT2D eigenvalue weighted by molar-refractivity contribution is -0.156. The summed E-state index contributed by atoms with van der Waals surface area (Å²) in [6.45, 7) is 1.55. The topological polar surface area (TPSA) is 115 Å². The van der Waals surface area contributed by atoms with Gasteiger partial charge in [0.05, 0.1) is 23.7 Å². The van der Waals surface area contributed by atoms with Gasteiger partial charge in [-0.1, -0.05) is 25.7 Å². The Kier molecular flexibility index (Phi) is 6.57. The Hall–Kier alpha value is -2.12. The molecule has 0 bridgehead atoms. The van der Waals surface area contributed by atoms with Crippen LogP contribution >= 0.6 is 0 Å². The van der Waals surface area contributed by atoms with E-state index in [0.29, 0.717) is 51.9 Å². The predicted molar refractivity (Wildman–Crippen MR) is 99.3 cm³/mol. The first-order valence-electron chi connectivity index (χ1n) is 10.4. The van der Waals surface area contributed by atoms with Crippen molar-refractivity contribution in [3.63, 3.8) is 0 Å². The van der Waals surface area contributed by atoms with Gasteiger partial charge in [-0.25, -0.2) is 0 Å². The molecule has 1 saturated heterocycles. The van der Waals surface area contributed by atoms with E-state index in [2.05, 4.69) is 0 Å². The molecular formula is C20H30N2O6. The van der Waals surface area contributed by atoms with Crippen LogP contribution in [0.3, 0.4) is 0 Å². The van der Waals surface area contributed by atoms with Crippen LogP contribution in [0.1, 0.15) is 51.4 Å². The molecule has 0 aromatic carbocycles. The van der Waals surface area contributed by atoms with Crippen LogP contribution in [0.4, 0.5) is 0 Å². The quantitative estimate of drug-likeness (QED) is 0.745. The van der Waals surface area contributed by atoms with Gasteiger partial charge in [0.15, 0.2) is 0 Å². The van der Waals surface area contributed by atoms with Crippen LogP contribution in [-0.2, 0) is 19.2 Å². The number of amides is 2. The molecule has 2 N–H and O–H groups in total. The van der Waals surface area contributed by atoms with E-state index in [1.165, 1.54) is 0 Å². The normalized spacial score (nSPS) is 31.3. The Morgan fingerprint density at radius 3 is 1.11 bits per heavy atom. The summed E-state index contributed by atoms with van der Waals surface area (Å²) in [5, 5.41) is 18.8. The number of nitrogens with zero attached hydrogens (tertiary/aromatic N) is 2. The van der Waals surface area contributed by atoms with Gasteiger partial charge in [-0.3, -0.25) is 19.2 Å². The Morgan fingerprint density at radius 1 is 0.536 bits per heavy atom. The molecule has 8 heteroatoms. The molecule has 3 fully saturated rings. The van der Waals surface area contributed by atoms with Gasteiger partial charge in [-0.15, -0.1) is 0 Å². The molecule has 0 spiro atoms. The third-order valence-electron chi connectivity index (χ3n) is 6.70. The smallest absolute Gasteiger partial charge is 0.307 e. The molecule has 1 heterocycles. The number of rotatable bonds is 4. The molecule has 0 aromatic heterocycles. The van der Waals surface area contributed by atoms with Crippen LogP contribution in [0.25, 0.3) is 0 Å². The van der Waals surface area contributed by atoms with Crippen molar-refractivity contribution in [2.24, 2.45) is 23.7 Å². The van der Waals surface area contributed by atoms with Gasteiger partial charge >= 0.3 is 11.9 Å². The standard InChI is InChI=1S/C20H30N2O6/c23-17(13-5-1-3-7-15(13)19(25)26)21-9-11-22(12-10-21)18(24)14-6-2-4-8-16(14)20(27)28/h13-16H,1-12H2,(H,25,26)(H,27,28)/t13-,14+,15-,16-/m1/s1. The van der Waals surface area contributed by atoms with Gasteiger partial charge in [0.2, 0.25) is 11.8 Å². The van der Waals surface area contributed by atoms with Gasteiger partial charge in [0.1, 0.15) is 0 Å². The number of aliphatic carboxylic acids is 2. The number of hydrogen-bond donors (Lipinski definition) is 2. The van der Waals surface area contributed by atoms with E-state index in [4.69, 9.17) is 0 Å². The first-order valence-corrected chi connectivity index (χ1v) is 10.4. The highest BCUT2D eigenvalue weighted by Gasteiger charge is 2.41. The van der Waals surface area contributed by atoms with Crippen molar-refractivity contribution in [3.05, 3.63) is 0 Å². The largest absolute Gasteiger partial charge is 0.481 e. The lowest BCUT2D eigenvalue weighted by Gasteiger charge is -2.40. The molecule has 4 atom stereocenters. The summed E-state index contributed by atoms with van der Waals surface area (Å²) in [6.07, 6.45) is 5.73. The number of piperazine rings is 1. The van der Waals surface area contributed by atoms with Crippen LogP contribution in [-0.4, -0.2) is 69.9 Å². The Balaban J connectivity index is 1.57. The highest BCUT2D eigenvalue weighted by Crippen LogP contribution is 2.33. The summed E-state index contributed by atoms with van der Waals surface area (Å²) in [5.74, 6) is -4.18. The van der Waals surface area contributed by atoms with Gasteiger partial charge in [0.25, 0.3) is 0 Å². The van der Waals surface area contributed by atoms with E-state index < -0.39 is 35.6 Å². The van der Waals surface area contributed by atoms with E-state index in [9.17, 15) is 29.4 Å². The minimum absolute atomic E-state index is 0.111. The van der Waals surface area contributed by atoms with E-state index in [1.807, 2.05) is 0 Å². The van der Waals surface area contributed by atoms with Crippen molar-refractivity contribution in [1.29, 1.82) is 0 Å². The van der Waals surface area contributed by atoms with Crippen LogP contribution < -0.4 is 0 Å². The first kappa shape index (κ1) is 20.6. The van der Waals surface area contributed by atoms with E-state index >= 15 is 0 Å². The van der Waals surface area contributed by atoms with Crippen LogP contribution in [0, 0.1) is 23.7 Å². The molecule has 2 amide bonds. The van der Waals surface area contributed by atoms with Crippen molar-refractivity contribution < 1.29 is 29.4 Å². The molecule has 2 aliphatic carbocycles. The summed E-state index contributed by atoms with van der Waals surface area (Å²) in [7, 11) is 0. The maximum absolute atomic E-state index is 12.9. The molecule has 0 radical (unpaired) electrons. The number of carbonyl (C=O) groups excluding carboxylic acids is 2. The zero-order chi connectivity index (χ0) is 20.3. The molecule has 0 aromatic rings. The number of carboxylic acid groups (broad SMARTS) is 2. The summed E-state index contributed by atoms with van der Waals surface area (Å²) in [5.41, 5.74) is 0. The van der Waals surface area contributed by atoms with Gasteiger partial charge in [-0.05, 0) is 25.7 Å². The zero-order valence-electron chi connectivity index (χ0n) is 16.2. The highest BCUT2D eigenvalue weighted by atomic mass is 16.4. The molecule has 28 heavy (non-hydrogen) atoms. The lowest BCUT2D eigenvalue weighted by Crippen LogP contribution is -2.55. The highest BCUT2D eigenvalue weighted by molar-refractivity contribution is 5.86. The molecule has 2 saturated carbocycles. The third kappa shape index (κ3) is 4.31. The Morgan fingerprint density at radius 2 is 0.821 bits per heavy atom. The zero-order valence-corrected chi connectivity index (χ0v) is 16.2. The summed E-state index contributed by atoms with van der Waals surface area (Å²) in [6, 6.07) is 0. The average molecular weight is 394 g/mol. The number of hydrogen-bond acceptors (Lipinski definition) is 4. The molecule has 0 unspecified atom stereocenters. The van der Waals surface area contributed by atoms with Crippen molar-refractivity contribution >= 4 is 23.8 Å². The van der Waals surface area contributed by atoms with Crippen molar-refractivity contribution in [2.75, 3.05) is 26.2 Å². The van der Waals surface area contributed by atoms with E-state index in [1.54, 1.807) is 9.80 Å². The summed E-state index contributed by atoms with van der Waals surface area (Å²) < 4.78 is 0. The third-order valence-corrected chi connectivity index (χ3v) is 6.70. The molecule has 3 aliphatic rings. The fourth-order valence-corrected chi connectivity index (χ4v) is 5.06. The van der Waals surface area contributed by atoms with Crippen molar-refractivity contribution in [2.45, 2.75) is 51.4 Å². The SMILES string of the molecule is O=C(O)[C@@H]1CCCC[C@@H]1C(=O)N1CCN(C(=O)[C@@H]2CCCC[C@H]2C(=O)O)CC1. The van der Waals surface area contributed by atoms with Crippen molar-refractivity contribution in [1.82, 2.24) is 9.80 Å². The molecular weight excluding hydrogens is 364 g/mol. The average Bonchev–Trinajstić information content (AvgIpc) is 2.72. The molecule has 1 aliphatic heterocycles. The second-order valence-electron chi connectivity index (χ2n) is 8.32. The van der Waals surface area contributed by atoms with Crippen LogP contribution in [0.2, 0.25) is 0 Å². The molecule has 156 valence electrons. The molecule has 8 nitrogen and oxygen atoms in total. The Labute approximate surface area is 164 Å². The monoisotopic (exact) mass is 394 g/mol. The van der Waals surface area contributed by atoms with Crippen molar-refractivity contribution in [3.8, 4) is 0 Å². The first-order chi connectivity index (χ1) is 13.4. The maximum Gasteiger partial charge on any atom is 0.307 e. The van der Waals surface area contributed by atoms with Gasteiger partial charge in [0, 0.05) is 26.2 Å². The van der Waals surface area contributed by atoms with Gasteiger partial charge in [-0.2, -0.15) is 0 Å². The number of carboxylic acids is 2. The lowest BCUT2D eigenvalue weighted by atomic mass is 9.78. The summed E-state index contributed by atoms with van der Waals surface area (Å²) >= 11 is 0. The second-order valence-corrected chi connectivity index (χ2v) is 8.32. The minimum atomic E-state index is -0.899. The Bertz CT molecular complexity index is 574. The molecule has 3 rings (SSSR count). The van der Waals surface area contributed by atoms with Crippen LogP contribution in [0.15, 0.2) is 0 Å². The fraction of sp³-hybridized carbons (Fsp3) is 0.800. The maximum atomic E-state index is 12.9. The summed E-state index contributed by atoms with van der Waals surface area (Å²) in [4.78, 5) is 52.1. The van der Waals surface area contributed by atoms with Gasteiger partial charge < -0.3 is 20.0 Å². The number of carbonyl (C=O) groups is 4.